The summed E-state index contributed by atoms with van der Waals surface area (Å²) < 4.78 is 0. The van der Waals surface area contributed by atoms with Crippen LogP contribution in [0, 0.1) is 11.8 Å². The number of hydrogen-bond donors (Lipinski definition) is 0. The molecule has 6 rings (SSSR count). The largest absolute Gasteiger partial charge is 0.336 e. The van der Waals surface area contributed by atoms with Crippen LogP contribution < -0.4 is 0 Å². The van der Waals surface area contributed by atoms with Gasteiger partial charge < -0.3 is 19.6 Å². The molecule has 4 unspecified atom stereocenters. The van der Waals surface area contributed by atoms with Gasteiger partial charge in [-0.05, 0) is 82.7 Å². The molecular weight excluding hydrogens is 388 g/mol. The van der Waals surface area contributed by atoms with Gasteiger partial charge >= 0.3 is 0 Å². The Morgan fingerprint density at radius 3 is 1.48 bits per heavy atom. The fourth-order valence-corrected chi connectivity index (χ4v) is 7.31. The van der Waals surface area contributed by atoms with Gasteiger partial charge in [-0.1, -0.05) is 0 Å². The number of rotatable bonds is 6. The van der Waals surface area contributed by atoms with Crippen molar-refractivity contribution in [1.82, 2.24) is 19.6 Å². The minimum atomic E-state index is 0.435. The van der Waals surface area contributed by atoms with Crippen molar-refractivity contribution in [2.75, 3.05) is 39.3 Å². The van der Waals surface area contributed by atoms with E-state index in [-0.39, 0.29) is 0 Å². The zero-order valence-corrected chi connectivity index (χ0v) is 19.1. The summed E-state index contributed by atoms with van der Waals surface area (Å²) in [6, 6.07) is 2.24. The minimum Gasteiger partial charge on any atom is -0.336 e. The van der Waals surface area contributed by atoms with E-state index in [1.54, 1.807) is 0 Å². The topological polar surface area (TPSA) is 47.1 Å². The van der Waals surface area contributed by atoms with Crippen LogP contribution in [0.2, 0.25) is 0 Å². The van der Waals surface area contributed by atoms with E-state index in [1.165, 1.54) is 84.2 Å². The maximum Gasteiger partial charge on any atom is 0.223 e. The van der Waals surface area contributed by atoms with Crippen LogP contribution in [-0.4, -0.2) is 94.8 Å². The lowest BCUT2D eigenvalue weighted by atomic mass is 9.83. The summed E-state index contributed by atoms with van der Waals surface area (Å²) in [6.45, 7) is 7.14. The summed E-state index contributed by atoms with van der Waals surface area (Å²) >= 11 is 0. The van der Waals surface area contributed by atoms with Crippen molar-refractivity contribution in [3.8, 4) is 0 Å². The van der Waals surface area contributed by atoms with E-state index in [0.717, 1.165) is 25.7 Å². The number of amides is 2. The third-order valence-corrected chi connectivity index (χ3v) is 9.13. The predicted molar refractivity (Wildman–Crippen MR) is 119 cm³/mol. The molecule has 4 aliphatic heterocycles. The lowest BCUT2D eigenvalue weighted by Gasteiger charge is -2.48. The molecule has 0 radical (unpaired) electrons. The minimum absolute atomic E-state index is 0.435. The SMILES string of the molecule is O=C1CCC2CN(CCCN3CCC4C(CCC(=O)N4C4CC4)C3)CCC2N1C1CC1. The third-order valence-electron chi connectivity index (χ3n) is 9.13. The van der Waals surface area contributed by atoms with Gasteiger partial charge in [-0.25, -0.2) is 0 Å². The van der Waals surface area contributed by atoms with Crippen molar-refractivity contribution >= 4 is 11.8 Å². The molecule has 0 aromatic heterocycles. The standard InChI is InChI=1S/C25H40N4O2/c30-24-8-2-18-16-26(14-10-22(18)28(24)20-4-5-20)12-1-13-27-15-11-23-19(17-27)3-9-25(31)29(23)21-6-7-21/h18-23H,1-17H2. The average molecular weight is 429 g/mol. The molecule has 4 heterocycles. The van der Waals surface area contributed by atoms with Gasteiger partial charge in [0.05, 0.1) is 0 Å². The normalized spacial score (nSPS) is 37.7. The molecule has 0 N–H and O–H groups in total. The lowest BCUT2D eigenvalue weighted by Crippen LogP contribution is -2.57. The maximum absolute atomic E-state index is 12.4. The monoisotopic (exact) mass is 428 g/mol. The summed E-state index contributed by atoms with van der Waals surface area (Å²) in [5.74, 6) is 2.28. The number of carbonyl (C=O) groups is 2. The number of fused-ring (bicyclic) bond motifs is 2. The van der Waals surface area contributed by atoms with E-state index in [2.05, 4.69) is 19.6 Å². The van der Waals surface area contributed by atoms with Crippen LogP contribution in [0.1, 0.15) is 70.6 Å². The molecule has 2 aliphatic carbocycles. The second kappa shape index (κ2) is 8.33. The van der Waals surface area contributed by atoms with Crippen molar-refractivity contribution < 1.29 is 9.59 Å². The summed E-state index contributed by atoms with van der Waals surface area (Å²) in [5.41, 5.74) is 0. The first-order chi connectivity index (χ1) is 15.2. The molecule has 6 heteroatoms. The van der Waals surface area contributed by atoms with Crippen molar-refractivity contribution in [2.45, 2.75) is 94.8 Å². The van der Waals surface area contributed by atoms with Crippen molar-refractivity contribution in [1.29, 1.82) is 0 Å². The van der Waals surface area contributed by atoms with Gasteiger partial charge in [0.1, 0.15) is 0 Å². The first-order valence-corrected chi connectivity index (χ1v) is 13.2. The molecule has 4 atom stereocenters. The van der Waals surface area contributed by atoms with Crippen molar-refractivity contribution in [3.63, 3.8) is 0 Å². The molecule has 0 bridgehead atoms. The smallest absolute Gasteiger partial charge is 0.223 e. The molecule has 4 saturated heterocycles. The van der Waals surface area contributed by atoms with Gasteiger partial charge in [0, 0.05) is 63.2 Å². The van der Waals surface area contributed by atoms with Crippen molar-refractivity contribution in [2.24, 2.45) is 11.8 Å². The quantitative estimate of drug-likeness (QED) is 0.652. The van der Waals surface area contributed by atoms with Crippen LogP contribution in [0.25, 0.3) is 0 Å². The molecule has 0 aromatic rings. The highest BCUT2D eigenvalue weighted by molar-refractivity contribution is 5.78. The van der Waals surface area contributed by atoms with E-state index < -0.39 is 0 Å². The van der Waals surface area contributed by atoms with E-state index >= 15 is 0 Å². The Hall–Kier alpha value is -1.14. The van der Waals surface area contributed by atoms with Gasteiger partial charge in [-0.15, -0.1) is 0 Å². The molecule has 31 heavy (non-hydrogen) atoms. The second-order valence-corrected chi connectivity index (χ2v) is 11.3. The van der Waals surface area contributed by atoms with E-state index in [4.69, 9.17) is 0 Å². The van der Waals surface area contributed by atoms with Gasteiger partial charge in [0.25, 0.3) is 0 Å². The number of likely N-dealkylation sites (tertiary alicyclic amines) is 4. The first kappa shape index (κ1) is 20.5. The number of piperidine rings is 4. The van der Waals surface area contributed by atoms with E-state index in [9.17, 15) is 9.59 Å². The number of carbonyl (C=O) groups excluding carboxylic acids is 2. The summed E-state index contributed by atoms with van der Waals surface area (Å²) in [5, 5.41) is 0. The highest BCUT2D eigenvalue weighted by atomic mass is 16.2. The molecule has 172 valence electrons. The maximum atomic E-state index is 12.4. The van der Waals surface area contributed by atoms with Gasteiger partial charge in [0.15, 0.2) is 0 Å². The Bertz CT molecular complexity index is 648. The van der Waals surface area contributed by atoms with E-state index in [1.807, 2.05) is 0 Å². The van der Waals surface area contributed by atoms with Crippen molar-refractivity contribution in [3.05, 3.63) is 0 Å². The number of hydrogen-bond acceptors (Lipinski definition) is 4. The predicted octanol–water partition coefficient (Wildman–Crippen LogP) is 2.33. The average Bonchev–Trinajstić information content (AvgIpc) is 3.68. The van der Waals surface area contributed by atoms with Gasteiger partial charge in [-0.3, -0.25) is 9.59 Å². The highest BCUT2D eigenvalue weighted by Crippen LogP contribution is 2.40. The third kappa shape index (κ3) is 4.15. The fraction of sp³-hybridized carbons (Fsp3) is 0.920. The fourth-order valence-electron chi connectivity index (χ4n) is 7.31. The zero-order chi connectivity index (χ0) is 20.9. The van der Waals surface area contributed by atoms with Crippen LogP contribution in [-0.2, 0) is 9.59 Å². The van der Waals surface area contributed by atoms with Crippen LogP contribution in [0.15, 0.2) is 0 Å². The molecule has 2 saturated carbocycles. The molecule has 6 nitrogen and oxygen atoms in total. The Kier molecular flexibility index (Phi) is 5.50. The Morgan fingerprint density at radius 1 is 0.613 bits per heavy atom. The Morgan fingerprint density at radius 2 is 1.06 bits per heavy atom. The van der Waals surface area contributed by atoms with Crippen LogP contribution in [0.4, 0.5) is 0 Å². The molecule has 0 spiro atoms. The summed E-state index contributed by atoms with van der Waals surface area (Å²) in [6.07, 6.45) is 12.4. The second-order valence-electron chi connectivity index (χ2n) is 11.3. The summed E-state index contributed by atoms with van der Waals surface area (Å²) in [4.78, 5) is 34.8. The molecule has 6 aliphatic rings. The van der Waals surface area contributed by atoms with Crippen LogP contribution in [0.3, 0.4) is 0 Å². The Labute approximate surface area is 187 Å². The van der Waals surface area contributed by atoms with E-state index in [0.29, 0.717) is 47.8 Å². The van der Waals surface area contributed by atoms with Gasteiger partial charge in [-0.2, -0.15) is 0 Å². The number of nitrogens with zero attached hydrogens (tertiary/aromatic N) is 4. The van der Waals surface area contributed by atoms with Crippen LogP contribution >= 0.6 is 0 Å². The molecule has 0 aromatic carbocycles. The first-order valence-electron chi connectivity index (χ1n) is 13.2. The van der Waals surface area contributed by atoms with Gasteiger partial charge in [0.2, 0.25) is 11.8 Å². The zero-order valence-electron chi connectivity index (χ0n) is 19.1. The Balaban J connectivity index is 0.959. The molecule has 6 fully saturated rings. The highest BCUT2D eigenvalue weighted by Gasteiger charge is 2.46. The van der Waals surface area contributed by atoms with Crippen LogP contribution in [0.5, 0.6) is 0 Å². The lowest BCUT2D eigenvalue weighted by molar-refractivity contribution is -0.142. The molecule has 2 amide bonds. The summed E-state index contributed by atoms with van der Waals surface area (Å²) in [7, 11) is 0. The molecular formula is C25H40N4O2.